The van der Waals surface area contributed by atoms with Crippen LogP contribution in [0.5, 0.6) is 0 Å². The van der Waals surface area contributed by atoms with Crippen LogP contribution >= 0.6 is 0 Å². The van der Waals surface area contributed by atoms with E-state index in [9.17, 15) is 14.4 Å². The molecule has 0 fully saturated rings. The third-order valence-electron chi connectivity index (χ3n) is 11.8. The highest BCUT2D eigenvalue weighted by atomic mass is 16.6. The van der Waals surface area contributed by atoms with Crippen LogP contribution in [-0.2, 0) is 28.6 Å². The molecule has 1 unspecified atom stereocenters. The molecule has 0 saturated heterocycles. The van der Waals surface area contributed by atoms with Gasteiger partial charge >= 0.3 is 17.9 Å². The standard InChI is InChI=1S/C58H102O6/c1-4-7-10-13-16-19-22-25-27-29-31-33-36-39-42-45-48-51-57(60)63-54-55(53-62-56(59)50-47-44-41-38-35-32-24-21-18-15-12-9-6-3)64-58(61)52-49-46-43-40-37-34-30-28-26-23-20-17-14-11-8-5-2/h25,27-28,30-31,33-34,37,39,42,55H,4-24,26,29,32,35-36,38,40-41,43-54H2,1-3H3/b27-25-,30-28-,33-31-,37-34-,42-39-. The molecular formula is C58H102O6. The van der Waals surface area contributed by atoms with Crippen LogP contribution in [0.2, 0.25) is 0 Å². The second-order valence-electron chi connectivity index (χ2n) is 18.2. The van der Waals surface area contributed by atoms with Crippen molar-refractivity contribution in [2.75, 3.05) is 13.2 Å². The molecule has 0 aliphatic rings. The Morgan fingerprint density at radius 3 is 1.05 bits per heavy atom. The lowest BCUT2D eigenvalue weighted by atomic mass is 10.0. The zero-order valence-corrected chi connectivity index (χ0v) is 42.3. The van der Waals surface area contributed by atoms with Gasteiger partial charge in [-0.05, 0) is 77.0 Å². The van der Waals surface area contributed by atoms with Crippen molar-refractivity contribution >= 4 is 17.9 Å². The Bertz CT molecular complexity index is 1170. The summed E-state index contributed by atoms with van der Waals surface area (Å²) in [4.78, 5) is 38.0. The van der Waals surface area contributed by atoms with Crippen molar-refractivity contribution in [1.29, 1.82) is 0 Å². The van der Waals surface area contributed by atoms with Crippen LogP contribution in [-0.4, -0.2) is 37.2 Å². The zero-order valence-electron chi connectivity index (χ0n) is 42.3. The van der Waals surface area contributed by atoms with E-state index in [0.29, 0.717) is 12.8 Å². The van der Waals surface area contributed by atoms with E-state index in [0.717, 1.165) is 70.6 Å². The number of ether oxygens (including phenoxy) is 3. The lowest BCUT2D eigenvalue weighted by Crippen LogP contribution is -2.30. The predicted octanol–water partition coefficient (Wildman–Crippen LogP) is 18.0. The van der Waals surface area contributed by atoms with Crippen LogP contribution in [0.15, 0.2) is 60.8 Å². The van der Waals surface area contributed by atoms with Gasteiger partial charge in [0.05, 0.1) is 0 Å². The summed E-state index contributed by atoms with van der Waals surface area (Å²) in [6, 6.07) is 0. The molecule has 0 aromatic heterocycles. The number of carbonyl (C=O) groups is 3. The Morgan fingerprint density at radius 2 is 0.625 bits per heavy atom. The first kappa shape index (κ1) is 61.1. The van der Waals surface area contributed by atoms with Crippen LogP contribution in [0.1, 0.15) is 271 Å². The van der Waals surface area contributed by atoms with Crippen molar-refractivity contribution in [2.45, 2.75) is 277 Å². The fourth-order valence-corrected chi connectivity index (χ4v) is 7.63. The van der Waals surface area contributed by atoms with Gasteiger partial charge in [0.1, 0.15) is 13.2 Å². The normalized spacial score (nSPS) is 12.5. The maximum atomic E-state index is 12.8. The van der Waals surface area contributed by atoms with Crippen molar-refractivity contribution in [3.8, 4) is 0 Å². The van der Waals surface area contributed by atoms with Crippen LogP contribution in [0.25, 0.3) is 0 Å². The van der Waals surface area contributed by atoms with E-state index in [2.05, 4.69) is 81.5 Å². The Kier molecular flexibility index (Phi) is 50.4. The van der Waals surface area contributed by atoms with E-state index in [-0.39, 0.29) is 44.0 Å². The number of unbranched alkanes of at least 4 members (excludes halogenated alkanes) is 29. The summed E-state index contributed by atoms with van der Waals surface area (Å²) in [5.41, 5.74) is 0. The second-order valence-corrected chi connectivity index (χ2v) is 18.2. The molecule has 0 aromatic carbocycles. The molecule has 64 heavy (non-hydrogen) atoms. The average molecular weight is 895 g/mol. The molecule has 0 aromatic rings. The first-order valence-corrected chi connectivity index (χ1v) is 27.3. The van der Waals surface area contributed by atoms with Gasteiger partial charge in [0, 0.05) is 19.3 Å². The Balaban J connectivity index is 4.48. The number of esters is 3. The Hall–Kier alpha value is -2.89. The van der Waals surface area contributed by atoms with Gasteiger partial charge in [0.15, 0.2) is 6.10 Å². The fraction of sp³-hybridized carbons (Fsp3) is 0.776. The summed E-state index contributed by atoms with van der Waals surface area (Å²) in [7, 11) is 0. The third-order valence-corrected chi connectivity index (χ3v) is 11.8. The zero-order chi connectivity index (χ0) is 46.5. The van der Waals surface area contributed by atoms with Crippen LogP contribution in [0.3, 0.4) is 0 Å². The molecule has 0 radical (unpaired) electrons. The highest BCUT2D eigenvalue weighted by molar-refractivity contribution is 5.71. The van der Waals surface area contributed by atoms with Gasteiger partial charge in [-0.25, -0.2) is 0 Å². The van der Waals surface area contributed by atoms with Crippen molar-refractivity contribution in [3.05, 3.63) is 60.8 Å². The molecule has 0 N–H and O–H groups in total. The van der Waals surface area contributed by atoms with E-state index in [4.69, 9.17) is 14.2 Å². The van der Waals surface area contributed by atoms with Gasteiger partial charge in [0.2, 0.25) is 0 Å². The Morgan fingerprint density at radius 1 is 0.328 bits per heavy atom. The lowest BCUT2D eigenvalue weighted by molar-refractivity contribution is -0.167. The van der Waals surface area contributed by atoms with Crippen molar-refractivity contribution in [3.63, 3.8) is 0 Å². The molecule has 370 valence electrons. The minimum Gasteiger partial charge on any atom is -0.462 e. The molecule has 0 aliphatic heterocycles. The third kappa shape index (κ3) is 50.1. The predicted molar refractivity (Wildman–Crippen MR) is 275 cm³/mol. The van der Waals surface area contributed by atoms with Crippen molar-refractivity contribution in [1.82, 2.24) is 0 Å². The minimum absolute atomic E-state index is 0.0985. The second kappa shape index (κ2) is 52.7. The maximum Gasteiger partial charge on any atom is 0.306 e. The van der Waals surface area contributed by atoms with Crippen LogP contribution < -0.4 is 0 Å². The first-order valence-electron chi connectivity index (χ1n) is 27.3. The number of carbonyl (C=O) groups excluding carboxylic acids is 3. The van der Waals surface area contributed by atoms with Crippen LogP contribution in [0.4, 0.5) is 0 Å². The van der Waals surface area contributed by atoms with Crippen molar-refractivity contribution in [2.24, 2.45) is 0 Å². The van der Waals surface area contributed by atoms with E-state index >= 15 is 0 Å². The van der Waals surface area contributed by atoms with Gasteiger partial charge in [-0.3, -0.25) is 14.4 Å². The number of rotatable bonds is 49. The first-order chi connectivity index (χ1) is 31.5. The highest BCUT2D eigenvalue weighted by Gasteiger charge is 2.19. The molecule has 1 atom stereocenters. The van der Waals surface area contributed by atoms with Gasteiger partial charge < -0.3 is 14.2 Å². The molecular weight excluding hydrogens is 793 g/mol. The van der Waals surface area contributed by atoms with Crippen molar-refractivity contribution < 1.29 is 28.6 Å². The summed E-state index contributed by atoms with van der Waals surface area (Å²) in [5.74, 6) is -0.973. The molecule has 0 amide bonds. The van der Waals surface area contributed by atoms with Gasteiger partial charge in [-0.2, -0.15) is 0 Å². The Labute approximate surface area is 396 Å². The number of hydrogen-bond donors (Lipinski definition) is 0. The van der Waals surface area contributed by atoms with E-state index in [1.165, 1.54) is 154 Å². The summed E-state index contributed by atoms with van der Waals surface area (Å²) in [6.07, 6.45) is 65.0. The molecule has 0 heterocycles. The van der Waals surface area contributed by atoms with Gasteiger partial charge in [-0.1, -0.05) is 236 Å². The molecule has 6 nitrogen and oxygen atoms in total. The molecule has 0 bridgehead atoms. The molecule has 0 spiro atoms. The quantitative estimate of drug-likeness (QED) is 0.0199. The smallest absolute Gasteiger partial charge is 0.306 e. The molecule has 0 aliphatic carbocycles. The average Bonchev–Trinajstić information content (AvgIpc) is 3.29. The van der Waals surface area contributed by atoms with Crippen LogP contribution in [0, 0.1) is 0 Å². The summed E-state index contributed by atoms with van der Waals surface area (Å²) in [5, 5.41) is 0. The maximum absolute atomic E-state index is 12.8. The number of allylic oxidation sites excluding steroid dienone is 10. The topological polar surface area (TPSA) is 78.9 Å². The van der Waals surface area contributed by atoms with E-state index in [1.54, 1.807) is 0 Å². The molecule has 0 rings (SSSR count). The SMILES string of the molecule is CCCCCCCC/C=C\C/C=C\C/C=C\CCCC(=O)OCC(COC(=O)CCCCCCCCCCCCCCC)OC(=O)CCCCC/C=C\C=C/CCCCCCCCC. The van der Waals surface area contributed by atoms with Gasteiger partial charge in [0.25, 0.3) is 0 Å². The number of hydrogen-bond acceptors (Lipinski definition) is 6. The fourth-order valence-electron chi connectivity index (χ4n) is 7.63. The lowest BCUT2D eigenvalue weighted by Gasteiger charge is -2.18. The monoisotopic (exact) mass is 895 g/mol. The summed E-state index contributed by atoms with van der Waals surface area (Å²) in [6.45, 7) is 6.57. The van der Waals surface area contributed by atoms with Gasteiger partial charge in [-0.15, -0.1) is 0 Å². The summed E-state index contributed by atoms with van der Waals surface area (Å²) < 4.78 is 16.8. The minimum atomic E-state index is -0.806. The largest absolute Gasteiger partial charge is 0.462 e. The molecule has 6 heteroatoms. The van der Waals surface area contributed by atoms with E-state index in [1.807, 2.05) is 0 Å². The molecule has 0 saturated carbocycles. The highest BCUT2D eigenvalue weighted by Crippen LogP contribution is 2.15. The van der Waals surface area contributed by atoms with E-state index < -0.39 is 6.10 Å². The summed E-state index contributed by atoms with van der Waals surface area (Å²) >= 11 is 0.